The molecule has 0 fully saturated rings. The zero-order valence-corrected chi connectivity index (χ0v) is 7.56. The van der Waals surface area contributed by atoms with Crippen LogP contribution in [-0.4, -0.2) is 9.79 Å². The maximum absolute atomic E-state index is 12.3. The van der Waals surface area contributed by atoms with Crippen LogP contribution >= 0.6 is 0 Å². The zero-order valence-electron chi connectivity index (χ0n) is 7.56. The highest BCUT2D eigenvalue weighted by molar-refractivity contribution is 5.47. The number of alkyl halides is 3. The molecular weight excluding hydrogens is 231 g/mol. The monoisotopic (exact) mass is 236 g/mol. The van der Waals surface area contributed by atoms with Crippen molar-refractivity contribution in [2.24, 2.45) is 5.84 Å². The van der Waals surface area contributed by atoms with Gasteiger partial charge in [-0.2, -0.15) is 19.0 Å². The number of nitroso groups, excluding NO2 is 1. The summed E-state index contributed by atoms with van der Waals surface area (Å²) in [5.41, 5.74) is -2.79. The number of nitrogens with two attached hydrogens (primary N) is 1. The first kappa shape index (κ1) is 11.9. The molecule has 0 saturated heterocycles. The predicted molar refractivity (Wildman–Crippen MR) is 45.6 cm³/mol. The van der Waals surface area contributed by atoms with Gasteiger partial charge in [0.2, 0.25) is 0 Å². The number of nitro benzene ring substituents is 1. The Bertz CT molecular complexity index is 426. The van der Waals surface area contributed by atoms with Crippen LogP contribution in [0.1, 0.15) is 5.56 Å². The number of non-ortho nitro benzene ring substituents is 1. The third kappa shape index (κ3) is 2.43. The molecule has 2 N–H and O–H groups in total. The minimum Gasteiger partial charge on any atom is -0.258 e. The van der Waals surface area contributed by atoms with E-state index in [1.54, 1.807) is 0 Å². The lowest BCUT2D eigenvalue weighted by atomic mass is 10.1. The fraction of sp³-hybridized carbons (Fsp3) is 0.143. The van der Waals surface area contributed by atoms with Gasteiger partial charge in [0.1, 0.15) is 0 Å². The van der Waals surface area contributed by atoms with Crippen LogP contribution in [0.25, 0.3) is 0 Å². The lowest BCUT2D eigenvalue weighted by molar-refractivity contribution is -0.475. The molecule has 6 nitrogen and oxygen atoms in total. The van der Waals surface area contributed by atoms with Crippen molar-refractivity contribution in [1.29, 1.82) is 0 Å². The highest BCUT2D eigenvalue weighted by Gasteiger charge is 2.34. The first-order valence-corrected chi connectivity index (χ1v) is 3.80. The van der Waals surface area contributed by atoms with Gasteiger partial charge in [-0.15, -0.1) is 0 Å². The van der Waals surface area contributed by atoms with Crippen LogP contribution in [0.3, 0.4) is 0 Å². The molecule has 0 unspecified atom stereocenters. The molecule has 86 valence electrons. The summed E-state index contributed by atoms with van der Waals surface area (Å²) < 4.78 is 36.9. The summed E-state index contributed by atoms with van der Waals surface area (Å²) in [6.07, 6.45) is -4.78. The average Bonchev–Trinajstić information content (AvgIpc) is 2.15. The van der Waals surface area contributed by atoms with Crippen LogP contribution in [0.2, 0.25) is 0 Å². The molecule has 0 spiro atoms. The molecular formula is C7H5F3N3O3+. The molecule has 0 aliphatic carbocycles. The van der Waals surface area contributed by atoms with Crippen LogP contribution in [0.15, 0.2) is 18.2 Å². The van der Waals surface area contributed by atoms with Gasteiger partial charge in [0, 0.05) is 12.1 Å². The van der Waals surface area contributed by atoms with E-state index in [4.69, 9.17) is 0 Å². The fourth-order valence-electron chi connectivity index (χ4n) is 0.991. The molecule has 0 heterocycles. The lowest BCUT2D eigenvalue weighted by Gasteiger charge is -2.04. The molecule has 1 rings (SSSR count). The lowest BCUT2D eigenvalue weighted by Crippen LogP contribution is -2.12. The minimum atomic E-state index is -4.78. The number of hydrogen-bond acceptors (Lipinski definition) is 3. The van der Waals surface area contributed by atoms with E-state index < -0.39 is 28.0 Å². The van der Waals surface area contributed by atoms with Crippen molar-refractivity contribution >= 4 is 11.4 Å². The van der Waals surface area contributed by atoms with Gasteiger partial charge in [-0.3, -0.25) is 10.1 Å². The Morgan fingerprint density at radius 1 is 1.12 bits per heavy atom. The Hall–Kier alpha value is -2.19. The molecule has 0 saturated carbocycles. The average molecular weight is 236 g/mol. The quantitative estimate of drug-likeness (QED) is 0.367. The maximum Gasteiger partial charge on any atom is 0.416 e. The van der Waals surface area contributed by atoms with E-state index in [0.717, 1.165) is 0 Å². The van der Waals surface area contributed by atoms with Crippen LogP contribution in [0.4, 0.5) is 24.5 Å². The molecule has 9 heteroatoms. The molecule has 16 heavy (non-hydrogen) atoms. The van der Waals surface area contributed by atoms with Crippen molar-refractivity contribution in [3.63, 3.8) is 0 Å². The molecule has 0 aliphatic heterocycles. The Morgan fingerprint density at radius 3 is 2.00 bits per heavy atom. The second-order valence-corrected chi connectivity index (χ2v) is 2.82. The number of halogens is 3. The number of nitro groups is 1. The summed E-state index contributed by atoms with van der Waals surface area (Å²) in [5, 5.41) is 10.3. The summed E-state index contributed by atoms with van der Waals surface area (Å²) in [7, 11) is 0. The Balaban J connectivity index is 3.42. The van der Waals surface area contributed by atoms with Crippen molar-refractivity contribution in [3.05, 3.63) is 38.8 Å². The van der Waals surface area contributed by atoms with Gasteiger partial charge in [0.25, 0.3) is 11.4 Å². The summed E-state index contributed by atoms with van der Waals surface area (Å²) in [6, 6.07) is 1.41. The topological polar surface area (TPSA) is 89.2 Å². The fourth-order valence-corrected chi connectivity index (χ4v) is 0.991. The molecule has 0 radical (unpaired) electrons. The van der Waals surface area contributed by atoms with Crippen LogP contribution in [-0.2, 0) is 6.18 Å². The van der Waals surface area contributed by atoms with Crippen molar-refractivity contribution in [3.8, 4) is 0 Å². The molecule has 1 aromatic carbocycles. The van der Waals surface area contributed by atoms with E-state index in [1.807, 2.05) is 0 Å². The predicted octanol–water partition coefficient (Wildman–Crippen LogP) is 1.90. The van der Waals surface area contributed by atoms with Crippen molar-refractivity contribution in [2.75, 3.05) is 0 Å². The molecule has 0 aromatic heterocycles. The second kappa shape index (κ2) is 3.76. The summed E-state index contributed by atoms with van der Waals surface area (Å²) in [6.45, 7) is 0. The number of hydrazine groups is 1. The number of rotatable bonds is 2. The third-order valence-electron chi connectivity index (χ3n) is 1.70. The van der Waals surface area contributed by atoms with Crippen LogP contribution in [0, 0.1) is 15.0 Å². The van der Waals surface area contributed by atoms with E-state index in [9.17, 15) is 28.2 Å². The first-order chi connectivity index (χ1) is 7.21. The smallest absolute Gasteiger partial charge is 0.258 e. The van der Waals surface area contributed by atoms with E-state index in [0.29, 0.717) is 18.2 Å². The minimum absolute atomic E-state index is 0.326. The van der Waals surface area contributed by atoms with Gasteiger partial charge < -0.3 is 0 Å². The molecule has 0 atom stereocenters. The number of hydrogen-bond donors (Lipinski definition) is 1. The maximum atomic E-state index is 12.3. The van der Waals surface area contributed by atoms with Gasteiger partial charge in [0.05, 0.1) is 21.5 Å². The van der Waals surface area contributed by atoms with Crippen molar-refractivity contribution in [1.82, 2.24) is 0 Å². The Labute approximate surface area is 86.2 Å². The highest BCUT2D eigenvalue weighted by atomic mass is 19.4. The Morgan fingerprint density at radius 2 is 1.62 bits per heavy atom. The standard InChI is InChI=1S/C7H5F3N3O3/c8-7(9,10)4-1-5(12(11)14)3-6(2-4)13(15)16/h1-3H,(H2,11,14)/q+1. The molecule has 0 aliphatic rings. The van der Waals surface area contributed by atoms with Gasteiger partial charge in [-0.05, 0) is 0 Å². The Kier molecular flexibility index (Phi) is 2.79. The SMILES string of the molecule is N[N+](=O)c1cc([N+](=O)[O-])cc(C(F)(F)F)c1. The van der Waals surface area contributed by atoms with Gasteiger partial charge in [-0.25, -0.2) is 0 Å². The van der Waals surface area contributed by atoms with Gasteiger partial charge >= 0.3 is 6.18 Å². The third-order valence-corrected chi connectivity index (χ3v) is 1.70. The molecule has 0 bridgehead atoms. The van der Waals surface area contributed by atoms with Crippen LogP contribution in [0.5, 0.6) is 0 Å². The van der Waals surface area contributed by atoms with E-state index in [1.165, 1.54) is 0 Å². The first-order valence-electron chi connectivity index (χ1n) is 3.80. The second-order valence-electron chi connectivity index (χ2n) is 2.82. The molecule has 0 amide bonds. The number of nitrogens with zero attached hydrogens (tertiary/aromatic N) is 2. The summed E-state index contributed by atoms with van der Waals surface area (Å²) in [5.74, 6) is 4.68. The summed E-state index contributed by atoms with van der Waals surface area (Å²) >= 11 is 0. The van der Waals surface area contributed by atoms with E-state index >= 15 is 0 Å². The summed E-state index contributed by atoms with van der Waals surface area (Å²) in [4.78, 5) is 19.5. The van der Waals surface area contributed by atoms with E-state index in [2.05, 4.69) is 5.84 Å². The normalized spacial score (nSPS) is 11.2. The van der Waals surface area contributed by atoms with Crippen LogP contribution < -0.4 is 5.84 Å². The largest absolute Gasteiger partial charge is 0.416 e. The van der Waals surface area contributed by atoms with Gasteiger partial charge in [0.15, 0.2) is 4.87 Å². The van der Waals surface area contributed by atoms with E-state index in [-0.39, 0.29) is 4.87 Å². The molecule has 1 aromatic rings. The van der Waals surface area contributed by atoms with Crippen molar-refractivity contribution < 1.29 is 23.0 Å². The number of benzene rings is 1. The van der Waals surface area contributed by atoms with Crippen molar-refractivity contribution in [2.45, 2.75) is 6.18 Å². The highest BCUT2D eigenvalue weighted by Crippen LogP contribution is 2.34. The zero-order chi connectivity index (χ0) is 12.5. The van der Waals surface area contributed by atoms with Gasteiger partial charge in [-0.1, -0.05) is 0 Å².